The van der Waals surface area contributed by atoms with Gasteiger partial charge in [-0.25, -0.2) is 0 Å². The maximum atomic E-state index is 10.3. The number of aliphatic carboxylic acids is 1. The molecule has 0 aliphatic rings. The van der Waals surface area contributed by atoms with E-state index in [1.165, 1.54) is 25.7 Å². The van der Waals surface area contributed by atoms with E-state index >= 15 is 0 Å². The van der Waals surface area contributed by atoms with Crippen LogP contribution in [0.4, 0.5) is 0 Å². The molecule has 0 aliphatic carbocycles. The molecule has 0 spiro atoms. The smallest absolute Gasteiger partial charge is 0.104 e. The lowest BCUT2D eigenvalue weighted by Crippen LogP contribution is -2.21. The van der Waals surface area contributed by atoms with Crippen molar-refractivity contribution < 1.29 is 14.3 Å². The summed E-state index contributed by atoms with van der Waals surface area (Å²) in [7, 11) is 0. The number of carbonyl (C=O) groups excluding carboxylic acids is 1. The first-order valence-corrected chi connectivity index (χ1v) is 8.49. The van der Waals surface area contributed by atoms with E-state index in [0.717, 1.165) is 56.5 Å². The molecule has 1 aromatic heterocycles. The Balaban J connectivity index is 2.02. The number of carboxylic acids is 1. The number of aryl methyl sites for hydroxylation is 2. The van der Waals surface area contributed by atoms with Gasteiger partial charge in [-0.1, -0.05) is 45.4 Å². The number of furan rings is 1. The van der Waals surface area contributed by atoms with Gasteiger partial charge in [-0.05, 0) is 37.8 Å². The van der Waals surface area contributed by atoms with Gasteiger partial charge in [0.1, 0.15) is 11.5 Å². The van der Waals surface area contributed by atoms with Gasteiger partial charge in [0.15, 0.2) is 0 Å². The van der Waals surface area contributed by atoms with Crippen LogP contribution in [-0.2, 0) is 17.6 Å². The summed E-state index contributed by atoms with van der Waals surface area (Å²) in [6.45, 7) is 2.23. The third-order valence-corrected chi connectivity index (χ3v) is 3.80. The fourth-order valence-electron chi connectivity index (χ4n) is 2.52. The number of carboxylic acid groups (broad SMARTS) is 1. The summed E-state index contributed by atoms with van der Waals surface area (Å²) in [5.41, 5.74) is 0. The van der Waals surface area contributed by atoms with Crippen LogP contribution in [0.25, 0.3) is 0 Å². The Bertz CT molecular complexity index is 382. The van der Waals surface area contributed by atoms with Gasteiger partial charge in [0.05, 0.1) is 0 Å². The number of carbonyl (C=O) groups is 1. The quantitative estimate of drug-likeness (QED) is 0.516. The van der Waals surface area contributed by atoms with Crippen LogP contribution < -0.4 is 5.11 Å². The third kappa shape index (κ3) is 9.33. The van der Waals surface area contributed by atoms with E-state index in [9.17, 15) is 9.90 Å². The molecule has 0 radical (unpaired) electrons. The third-order valence-electron chi connectivity index (χ3n) is 3.80. The van der Waals surface area contributed by atoms with Crippen molar-refractivity contribution in [2.24, 2.45) is 0 Å². The van der Waals surface area contributed by atoms with Crippen LogP contribution in [0.2, 0.25) is 0 Å². The highest BCUT2D eigenvalue weighted by atomic mass is 16.4. The number of unbranched alkanes of at least 4 members (excludes halogenated alkanes) is 7. The first-order valence-electron chi connectivity index (χ1n) is 8.49. The molecule has 0 saturated heterocycles. The van der Waals surface area contributed by atoms with Crippen LogP contribution in [-0.4, -0.2) is 5.97 Å². The number of hydrogen-bond donors (Lipinski definition) is 0. The molecule has 0 aromatic carbocycles. The molecule has 3 nitrogen and oxygen atoms in total. The van der Waals surface area contributed by atoms with Crippen molar-refractivity contribution in [3.63, 3.8) is 0 Å². The summed E-state index contributed by atoms with van der Waals surface area (Å²) in [5, 5.41) is 10.3. The summed E-state index contributed by atoms with van der Waals surface area (Å²) in [5.74, 6) is 1.28. The minimum atomic E-state index is -0.933. The van der Waals surface area contributed by atoms with Gasteiger partial charge < -0.3 is 14.3 Å². The van der Waals surface area contributed by atoms with E-state index in [1.807, 2.05) is 0 Å². The molecule has 1 rings (SSSR count). The Morgan fingerprint density at radius 3 is 2.00 bits per heavy atom. The van der Waals surface area contributed by atoms with Gasteiger partial charge in [0, 0.05) is 18.8 Å². The molecule has 0 aliphatic heterocycles. The normalized spacial score (nSPS) is 10.9. The molecule has 1 aromatic rings. The zero-order valence-electron chi connectivity index (χ0n) is 13.4. The zero-order valence-corrected chi connectivity index (χ0v) is 13.4. The van der Waals surface area contributed by atoms with Crippen molar-refractivity contribution >= 4 is 5.97 Å². The Kier molecular flexibility index (Phi) is 9.68. The Morgan fingerprint density at radius 2 is 1.43 bits per heavy atom. The molecule has 3 heteroatoms. The van der Waals surface area contributed by atoms with E-state index in [4.69, 9.17) is 4.42 Å². The van der Waals surface area contributed by atoms with Crippen molar-refractivity contribution in [2.45, 2.75) is 84.0 Å². The molecule has 0 amide bonds. The molecule has 0 saturated carbocycles. The highest BCUT2D eigenvalue weighted by Gasteiger charge is 2.02. The fourth-order valence-corrected chi connectivity index (χ4v) is 2.52. The standard InChI is InChI=1S/C18H30O3/c1-2-3-4-8-11-16-14-15-17(21-16)12-9-6-5-7-10-13-18(19)20/h14-15H,2-13H2,1H3,(H,19,20)/p-1. The van der Waals surface area contributed by atoms with Gasteiger partial charge in [-0.2, -0.15) is 0 Å². The molecule has 0 N–H and O–H groups in total. The SMILES string of the molecule is CCCCCCc1ccc(CCCCCCCC(=O)[O-])o1. The van der Waals surface area contributed by atoms with E-state index in [2.05, 4.69) is 19.1 Å². The Morgan fingerprint density at radius 1 is 0.905 bits per heavy atom. The molecule has 0 fully saturated rings. The van der Waals surface area contributed by atoms with Crippen molar-refractivity contribution in [3.05, 3.63) is 23.7 Å². The summed E-state index contributed by atoms with van der Waals surface area (Å²) in [4.78, 5) is 10.3. The predicted octanol–water partition coefficient (Wildman–Crippen LogP) is 4.04. The summed E-state index contributed by atoms with van der Waals surface area (Å²) >= 11 is 0. The lowest BCUT2D eigenvalue weighted by molar-refractivity contribution is -0.305. The van der Waals surface area contributed by atoms with Crippen LogP contribution in [0.3, 0.4) is 0 Å². The number of hydrogen-bond acceptors (Lipinski definition) is 3. The monoisotopic (exact) mass is 293 g/mol. The first-order chi connectivity index (χ1) is 10.2. The molecule has 0 bridgehead atoms. The number of rotatable bonds is 13. The van der Waals surface area contributed by atoms with Crippen molar-refractivity contribution in [1.29, 1.82) is 0 Å². The Hall–Kier alpha value is -1.25. The molecule has 21 heavy (non-hydrogen) atoms. The van der Waals surface area contributed by atoms with Crippen LogP contribution in [0, 0.1) is 0 Å². The van der Waals surface area contributed by atoms with Gasteiger partial charge in [0.25, 0.3) is 0 Å². The molecular formula is C18H29O3-. The van der Waals surface area contributed by atoms with Crippen molar-refractivity contribution in [2.75, 3.05) is 0 Å². The fraction of sp³-hybridized carbons (Fsp3) is 0.722. The second kappa shape index (κ2) is 11.4. The minimum absolute atomic E-state index is 0.194. The summed E-state index contributed by atoms with van der Waals surface area (Å²) in [6.07, 6.45) is 12.4. The van der Waals surface area contributed by atoms with E-state index in [0.29, 0.717) is 0 Å². The average Bonchev–Trinajstić information content (AvgIpc) is 2.90. The zero-order chi connectivity index (χ0) is 15.3. The molecular weight excluding hydrogens is 264 g/mol. The summed E-state index contributed by atoms with van der Waals surface area (Å²) in [6, 6.07) is 4.21. The summed E-state index contributed by atoms with van der Waals surface area (Å²) < 4.78 is 5.84. The van der Waals surface area contributed by atoms with E-state index in [1.54, 1.807) is 0 Å². The lowest BCUT2D eigenvalue weighted by Gasteiger charge is -2.02. The average molecular weight is 293 g/mol. The largest absolute Gasteiger partial charge is 0.550 e. The van der Waals surface area contributed by atoms with Crippen LogP contribution >= 0.6 is 0 Å². The lowest BCUT2D eigenvalue weighted by atomic mass is 10.1. The Labute approximate surface area is 128 Å². The topological polar surface area (TPSA) is 53.3 Å². The minimum Gasteiger partial charge on any atom is -0.550 e. The van der Waals surface area contributed by atoms with Crippen LogP contribution in [0.15, 0.2) is 16.5 Å². The van der Waals surface area contributed by atoms with E-state index in [-0.39, 0.29) is 6.42 Å². The van der Waals surface area contributed by atoms with Gasteiger partial charge in [0.2, 0.25) is 0 Å². The highest BCUT2D eigenvalue weighted by Crippen LogP contribution is 2.15. The second-order valence-electron chi connectivity index (χ2n) is 5.82. The van der Waals surface area contributed by atoms with Gasteiger partial charge in [-0.15, -0.1) is 0 Å². The predicted molar refractivity (Wildman–Crippen MR) is 83.0 cm³/mol. The van der Waals surface area contributed by atoms with Gasteiger partial charge in [-0.3, -0.25) is 0 Å². The first kappa shape index (κ1) is 17.8. The molecule has 120 valence electrons. The second-order valence-corrected chi connectivity index (χ2v) is 5.82. The van der Waals surface area contributed by atoms with Gasteiger partial charge >= 0.3 is 0 Å². The van der Waals surface area contributed by atoms with Crippen molar-refractivity contribution in [1.82, 2.24) is 0 Å². The maximum Gasteiger partial charge on any atom is 0.104 e. The molecule has 0 atom stereocenters. The molecule has 1 heterocycles. The maximum absolute atomic E-state index is 10.3. The highest BCUT2D eigenvalue weighted by molar-refractivity contribution is 5.63. The van der Waals surface area contributed by atoms with Crippen molar-refractivity contribution in [3.8, 4) is 0 Å². The van der Waals surface area contributed by atoms with Crippen LogP contribution in [0.1, 0.15) is 82.7 Å². The van der Waals surface area contributed by atoms with Crippen LogP contribution in [0.5, 0.6) is 0 Å². The van der Waals surface area contributed by atoms with E-state index < -0.39 is 5.97 Å². The molecule has 0 unspecified atom stereocenters.